The van der Waals surface area contributed by atoms with E-state index in [1.54, 1.807) is 48.5 Å². The number of rotatable bonds is 5. The van der Waals surface area contributed by atoms with Crippen LogP contribution >= 0.6 is 23.2 Å². The summed E-state index contributed by atoms with van der Waals surface area (Å²) < 4.78 is 19.5. The van der Waals surface area contributed by atoms with Gasteiger partial charge in [-0.3, -0.25) is 4.98 Å². The molecule has 0 amide bonds. The summed E-state index contributed by atoms with van der Waals surface area (Å²) in [5.74, 6) is 0.702. The van der Waals surface area contributed by atoms with Gasteiger partial charge in [0.1, 0.15) is 23.4 Å². The molecule has 1 N–H and O–H groups in total. The Morgan fingerprint density at radius 1 is 0.960 bits per heavy atom. The average molecular weight is 378 g/mol. The third-order valence-electron chi connectivity index (χ3n) is 3.58. The molecule has 0 aliphatic carbocycles. The van der Waals surface area contributed by atoms with Gasteiger partial charge >= 0.3 is 0 Å². The van der Waals surface area contributed by atoms with Crippen molar-refractivity contribution in [2.45, 2.75) is 12.5 Å². The summed E-state index contributed by atoms with van der Waals surface area (Å²) in [6, 6.07) is 14.6. The number of nitrogens with zero attached hydrogens (tertiary/aromatic N) is 1. The van der Waals surface area contributed by atoms with Crippen molar-refractivity contribution in [1.82, 2.24) is 4.98 Å². The molecular formula is C19H14Cl2FNO2. The highest BCUT2D eigenvalue weighted by Gasteiger charge is 2.13. The van der Waals surface area contributed by atoms with E-state index in [0.29, 0.717) is 32.8 Å². The molecule has 128 valence electrons. The molecule has 0 saturated heterocycles. The number of hydrogen-bond acceptors (Lipinski definition) is 3. The molecule has 1 aromatic heterocycles. The molecule has 0 aliphatic heterocycles. The van der Waals surface area contributed by atoms with Crippen LogP contribution in [0.25, 0.3) is 0 Å². The minimum Gasteiger partial charge on any atom is -0.456 e. The Morgan fingerprint density at radius 2 is 1.64 bits per heavy atom. The summed E-state index contributed by atoms with van der Waals surface area (Å²) >= 11 is 11.6. The van der Waals surface area contributed by atoms with Crippen molar-refractivity contribution in [2.75, 3.05) is 0 Å². The minimum absolute atomic E-state index is 0.105. The fourth-order valence-electron chi connectivity index (χ4n) is 2.29. The van der Waals surface area contributed by atoms with E-state index in [1.165, 1.54) is 12.3 Å². The van der Waals surface area contributed by atoms with Crippen LogP contribution in [-0.2, 0) is 6.42 Å². The number of pyridine rings is 1. The second-order valence-corrected chi connectivity index (χ2v) is 6.30. The van der Waals surface area contributed by atoms with Gasteiger partial charge in [0.15, 0.2) is 0 Å². The van der Waals surface area contributed by atoms with Crippen molar-refractivity contribution >= 4 is 23.2 Å². The molecule has 1 heterocycles. The van der Waals surface area contributed by atoms with Gasteiger partial charge in [-0.15, -0.1) is 0 Å². The van der Waals surface area contributed by atoms with Crippen LogP contribution in [0.3, 0.4) is 0 Å². The standard InChI is InChI=1S/C19H14Cl2FNO2/c20-13-3-5-15(6-4-13)25-16-7-8-18(23-11-16)19(24)9-12-1-2-14(21)10-17(12)22/h1-8,10-11,19,24H,9H2. The number of hydrogen-bond donors (Lipinski definition) is 1. The predicted molar refractivity (Wildman–Crippen MR) is 95.8 cm³/mol. The zero-order chi connectivity index (χ0) is 17.8. The van der Waals surface area contributed by atoms with Gasteiger partial charge in [-0.1, -0.05) is 29.3 Å². The molecule has 2 aromatic carbocycles. The van der Waals surface area contributed by atoms with Crippen molar-refractivity contribution in [3.63, 3.8) is 0 Å². The molecule has 1 atom stereocenters. The lowest BCUT2D eigenvalue weighted by Crippen LogP contribution is -2.05. The van der Waals surface area contributed by atoms with Gasteiger partial charge in [-0.05, 0) is 54.1 Å². The van der Waals surface area contributed by atoms with Crippen molar-refractivity contribution in [2.24, 2.45) is 0 Å². The highest BCUT2D eigenvalue weighted by molar-refractivity contribution is 6.30. The van der Waals surface area contributed by atoms with E-state index in [0.717, 1.165) is 0 Å². The van der Waals surface area contributed by atoms with Gasteiger partial charge in [-0.2, -0.15) is 0 Å². The summed E-state index contributed by atoms with van der Waals surface area (Å²) in [7, 11) is 0. The smallest absolute Gasteiger partial charge is 0.145 e. The number of halogens is 3. The van der Waals surface area contributed by atoms with Gasteiger partial charge in [0, 0.05) is 16.5 Å². The molecule has 3 nitrogen and oxygen atoms in total. The Balaban J connectivity index is 1.67. The maximum absolute atomic E-state index is 13.8. The second kappa shape index (κ2) is 7.83. The van der Waals surface area contributed by atoms with E-state index in [4.69, 9.17) is 27.9 Å². The molecule has 25 heavy (non-hydrogen) atoms. The van der Waals surface area contributed by atoms with Crippen molar-refractivity contribution < 1.29 is 14.2 Å². The van der Waals surface area contributed by atoms with E-state index in [-0.39, 0.29) is 6.42 Å². The number of ether oxygens (including phenoxy) is 1. The van der Waals surface area contributed by atoms with Crippen LogP contribution in [0.1, 0.15) is 17.4 Å². The molecule has 3 rings (SSSR count). The third kappa shape index (κ3) is 4.69. The highest BCUT2D eigenvalue weighted by atomic mass is 35.5. The third-order valence-corrected chi connectivity index (χ3v) is 4.07. The number of aliphatic hydroxyl groups excluding tert-OH is 1. The molecule has 0 fully saturated rings. The summed E-state index contributed by atoms with van der Waals surface area (Å²) in [4.78, 5) is 4.19. The molecule has 1 unspecified atom stereocenters. The molecule has 0 bridgehead atoms. The fourth-order valence-corrected chi connectivity index (χ4v) is 2.57. The first-order valence-corrected chi connectivity index (χ1v) is 8.28. The monoisotopic (exact) mass is 377 g/mol. The van der Waals surface area contributed by atoms with Crippen molar-refractivity contribution in [3.8, 4) is 11.5 Å². The lowest BCUT2D eigenvalue weighted by molar-refractivity contribution is 0.172. The first-order valence-electron chi connectivity index (χ1n) is 7.52. The summed E-state index contributed by atoms with van der Waals surface area (Å²) in [5, 5.41) is 11.2. The molecule has 6 heteroatoms. The van der Waals surface area contributed by atoms with E-state index in [2.05, 4.69) is 4.98 Å². The lowest BCUT2D eigenvalue weighted by Gasteiger charge is -2.12. The normalized spacial score (nSPS) is 12.0. The zero-order valence-electron chi connectivity index (χ0n) is 13.0. The number of aromatic nitrogens is 1. The van der Waals surface area contributed by atoms with Crippen molar-refractivity contribution in [3.05, 3.63) is 87.9 Å². The van der Waals surface area contributed by atoms with Crippen LogP contribution in [0.2, 0.25) is 10.0 Å². The number of aliphatic hydroxyl groups is 1. The van der Waals surface area contributed by atoms with E-state index in [9.17, 15) is 9.50 Å². The Labute approximate surface area is 154 Å². The SMILES string of the molecule is OC(Cc1ccc(Cl)cc1F)c1ccc(Oc2ccc(Cl)cc2)cn1. The van der Waals surface area contributed by atoms with E-state index >= 15 is 0 Å². The molecule has 3 aromatic rings. The Morgan fingerprint density at radius 3 is 2.28 bits per heavy atom. The number of benzene rings is 2. The summed E-state index contributed by atoms with van der Waals surface area (Å²) in [6.07, 6.45) is 0.680. The van der Waals surface area contributed by atoms with E-state index < -0.39 is 11.9 Å². The Hall–Kier alpha value is -2.14. The van der Waals surface area contributed by atoms with Crippen molar-refractivity contribution in [1.29, 1.82) is 0 Å². The molecule has 0 spiro atoms. The first-order chi connectivity index (χ1) is 12.0. The zero-order valence-corrected chi connectivity index (χ0v) is 14.5. The largest absolute Gasteiger partial charge is 0.456 e. The maximum atomic E-state index is 13.8. The van der Waals surface area contributed by atoms with E-state index in [1.807, 2.05) is 0 Å². The van der Waals surface area contributed by atoms with Gasteiger partial charge in [-0.25, -0.2) is 4.39 Å². The quantitative estimate of drug-likeness (QED) is 0.629. The topological polar surface area (TPSA) is 42.4 Å². The predicted octanol–water partition coefficient (Wildman–Crippen LogP) is 5.60. The van der Waals surface area contributed by atoms with Crippen LogP contribution in [-0.4, -0.2) is 10.1 Å². The average Bonchev–Trinajstić information content (AvgIpc) is 2.60. The lowest BCUT2D eigenvalue weighted by atomic mass is 10.0. The first kappa shape index (κ1) is 17.7. The summed E-state index contributed by atoms with van der Waals surface area (Å²) in [5.41, 5.74) is 0.804. The van der Waals surface area contributed by atoms with Crippen LogP contribution in [0.5, 0.6) is 11.5 Å². The maximum Gasteiger partial charge on any atom is 0.145 e. The van der Waals surface area contributed by atoms with Gasteiger partial charge in [0.2, 0.25) is 0 Å². The molecular weight excluding hydrogens is 364 g/mol. The fraction of sp³-hybridized carbons (Fsp3) is 0.105. The summed E-state index contributed by atoms with van der Waals surface area (Å²) in [6.45, 7) is 0. The molecule has 0 aliphatic rings. The van der Waals surface area contributed by atoms with Crippen LogP contribution < -0.4 is 4.74 Å². The van der Waals surface area contributed by atoms with Crippen LogP contribution in [0, 0.1) is 5.82 Å². The van der Waals surface area contributed by atoms with Gasteiger partial charge in [0.05, 0.1) is 11.9 Å². The van der Waals surface area contributed by atoms with Crippen LogP contribution in [0.4, 0.5) is 4.39 Å². The Bertz CT molecular complexity index is 854. The highest BCUT2D eigenvalue weighted by Crippen LogP contribution is 2.25. The van der Waals surface area contributed by atoms with Gasteiger partial charge < -0.3 is 9.84 Å². The molecule has 0 radical (unpaired) electrons. The van der Waals surface area contributed by atoms with Gasteiger partial charge in [0.25, 0.3) is 0 Å². The van der Waals surface area contributed by atoms with Crippen LogP contribution in [0.15, 0.2) is 60.8 Å². The second-order valence-electron chi connectivity index (χ2n) is 5.43. The molecule has 0 saturated carbocycles. The Kier molecular flexibility index (Phi) is 5.53. The minimum atomic E-state index is -0.930.